The molecule has 1 aliphatic carbocycles. The van der Waals surface area contributed by atoms with Crippen molar-refractivity contribution in [2.45, 2.75) is 51.6 Å². The number of amides is 3. The smallest absolute Gasteiger partial charge is 0.409 e. The minimum atomic E-state index is -0.340. The first-order valence-corrected chi connectivity index (χ1v) is 10.2. The molecule has 9 nitrogen and oxygen atoms in total. The van der Waals surface area contributed by atoms with Crippen molar-refractivity contribution in [1.29, 1.82) is 0 Å². The highest BCUT2D eigenvalue weighted by atomic mass is 16.6. The molecule has 0 radical (unpaired) electrons. The highest BCUT2D eigenvalue weighted by molar-refractivity contribution is 5.97. The highest BCUT2D eigenvalue weighted by Crippen LogP contribution is 2.24. The summed E-state index contributed by atoms with van der Waals surface area (Å²) < 4.78 is 6.95. The number of hydrogen-bond acceptors (Lipinski definition) is 5. The van der Waals surface area contributed by atoms with Crippen molar-refractivity contribution in [3.05, 3.63) is 17.2 Å². The summed E-state index contributed by atoms with van der Waals surface area (Å²) in [7, 11) is 0. The summed E-state index contributed by atoms with van der Waals surface area (Å²) >= 11 is 0. The number of hydrogen-bond donors (Lipinski definition) is 1. The van der Waals surface area contributed by atoms with E-state index in [0.717, 1.165) is 44.3 Å². The first kappa shape index (κ1) is 18.8. The molecule has 3 aliphatic rings. The number of fused-ring (bicyclic) bond motifs is 1. The first-order chi connectivity index (χ1) is 13.6. The number of nitrogens with zero attached hydrogens (tertiary/aromatic N) is 4. The van der Waals surface area contributed by atoms with Gasteiger partial charge in [0, 0.05) is 38.8 Å². The van der Waals surface area contributed by atoms with E-state index in [1.807, 2.05) is 4.57 Å². The second-order valence-corrected chi connectivity index (χ2v) is 7.57. The van der Waals surface area contributed by atoms with Crippen LogP contribution in [0.15, 0.2) is 0 Å². The number of carbonyl (C=O) groups is 3. The van der Waals surface area contributed by atoms with Gasteiger partial charge in [-0.15, -0.1) is 0 Å². The maximum absolute atomic E-state index is 13.1. The molecule has 0 atom stereocenters. The van der Waals surface area contributed by atoms with Crippen molar-refractivity contribution < 1.29 is 19.1 Å². The summed E-state index contributed by atoms with van der Waals surface area (Å²) in [6.07, 6.45) is 4.41. The Labute approximate surface area is 164 Å². The van der Waals surface area contributed by atoms with Gasteiger partial charge in [0.1, 0.15) is 5.69 Å². The van der Waals surface area contributed by atoms with Crippen molar-refractivity contribution in [3.63, 3.8) is 0 Å². The van der Waals surface area contributed by atoms with E-state index in [2.05, 4.69) is 10.3 Å². The topological polar surface area (TPSA) is 96.8 Å². The first-order valence-electron chi connectivity index (χ1n) is 10.2. The van der Waals surface area contributed by atoms with Crippen LogP contribution in [0.3, 0.4) is 0 Å². The summed E-state index contributed by atoms with van der Waals surface area (Å²) in [5.74, 6) is 0.0200. The van der Waals surface area contributed by atoms with Crippen LogP contribution in [0, 0.1) is 0 Å². The summed E-state index contributed by atoms with van der Waals surface area (Å²) in [6, 6.07) is 0.249. The Balaban J connectivity index is 1.49. The van der Waals surface area contributed by atoms with E-state index in [1.165, 1.54) is 0 Å². The Hall–Kier alpha value is -2.58. The third-order valence-electron chi connectivity index (χ3n) is 5.53. The molecule has 1 aromatic rings. The molecule has 152 valence electrons. The van der Waals surface area contributed by atoms with Crippen LogP contribution < -0.4 is 5.32 Å². The lowest BCUT2D eigenvalue weighted by molar-refractivity contribution is 0.0565. The molecule has 0 spiro atoms. The number of piperazine rings is 1. The van der Waals surface area contributed by atoms with E-state index in [1.54, 1.807) is 16.7 Å². The van der Waals surface area contributed by atoms with Crippen molar-refractivity contribution in [2.75, 3.05) is 32.8 Å². The molecule has 1 saturated heterocycles. The fourth-order valence-electron chi connectivity index (χ4n) is 3.82. The molecular formula is C19H27N5O4. The third kappa shape index (κ3) is 3.70. The van der Waals surface area contributed by atoms with Crippen LogP contribution in [-0.2, 0) is 17.7 Å². The van der Waals surface area contributed by atoms with Gasteiger partial charge in [0.2, 0.25) is 0 Å². The zero-order chi connectivity index (χ0) is 19.7. The fraction of sp³-hybridized carbons (Fsp3) is 0.684. The van der Waals surface area contributed by atoms with Gasteiger partial charge in [-0.3, -0.25) is 9.59 Å². The normalized spacial score (nSPS) is 19.2. The standard InChI is InChI=1S/C19H27N5O4/c1-2-28-19(27)23-11-9-22(10-12-23)18(26)15-14-5-3-4-8-24(14)16(21-15)17(25)20-13-6-7-13/h13H,2-12H2,1H3,(H,20,25). The lowest BCUT2D eigenvalue weighted by Crippen LogP contribution is -2.51. The Kier molecular flexibility index (Phi) is 5.23. The second kappa shape index (κ2) is 7.81. The molecule has 1 saturated carbocycles. The molecule has 2 aliphatic heterocycles. The summed E-state index contributed by atoms with van der Waals surface area (Å²) in [4.78, 5) is 45.4. The zero-order valence-corrected chi connectivity index (χ0v) is 16.3. The van der Waals surface area contributed by atoms with Crippen molar-refractivity contribution in [2.24, 2.45) is 0 Å². The second-order valence-electron chi connectivity index (χ2n) is 7.57. The monoisotopic (exact) mass is 389 g/mol. The van der Waals surface area contributed by atoms with Gasteiger partial charge < -0.3 is 24.4 Å². The number of aromatic nitrogens is 2. The average Bonchev–Trinajstić information content (AvgIpc) is 3.44. The number of nitrogens with one attached hydrogen (secondary N) is 1. The Bertz CT molecular complexity index is 778. The van der Waals surface area contributed by atoms with Gasteiger partial charge in [0.15, 0.2) is 5.82 Å². The zero-order valence-electron chi connectivity index (χ0n) is 16.3. The predicted octanol–water partition coefficient (Wildman–Crippen LogP) is 1.03. The molecule has 3 amide bonds. The van der Waals surface area contributed by atoms with Crippen molar-refractivity contribution >= 4 is 17.9 Å². The van der Waals surface area contributed by atoms with Gasteiger partial charge in [0.05, 0.1) is 12.3 Å². The SMILES string of the molecule is CCOC(=O)N1CCN(C(=O)c2nc(C(=O)NC3CC3)n3c2CCCC3)CC1. The van der Waals surface area contributed by atoms with Crippen molar-refractivity contribution in [3.8, 4) is 0 Å². The largest absolute Gasteiger partial charge is 0.450 e. The average molecular weight is 389 g/mol. The molecule has 1 N–H and O–H groups in total. The molecule has 0 unspecified atom stereocenters. The van der Waals surface area contributed by atoms with Crippen molar-refractivity contribution in [1.82, 2.24) is 24.7 Å². The van der Waals surface area contributed by atoms with E-state index < -0.39 is 0 Å². The quantitative estimate of drug-likeness (QED) is 0.830. The van der Waals surface area contributed by atoms with Gasteiger partial charge >= 0.3 is 6.09 Å². The maximum Gasteiger partial charge on any atom is 0.409 e. The van der Waals surface area contributed by atoms with E-state index in [0.29, 0.717) is 44.3 Å². The van der Waals surface area contributed by atoms with E-state index in [9.17, 15) is 14.4 Å². The minimum absolute atomic E-state index is 0.153. The predicted molar refractivity (Wildman–Crippen MR) is 100 cm³/mol. The molecule has 4 rings (SSSR count). The fourth-order valence-corrected chi connectivity index (χ4v) is 3.82. The lowest BCUT2D eigenvalue weighted by Gasteiger charge is -2.33. The molecular weight excluding hydrogens is 362 g/mol. The van der Waals surface area contributed by atoms with Crippen LogP contribution >= 0.6 is 0 Å². The number of rotatable bonds is 4. The van der Waals surface area contributed by atoms with Gasteiger partial charge in [0.25, 0.3) is 11.8 Å². The van der Waals surface area contributed by atoms with Gasteiger partial charge in [-0.2, -0.15) is 0 Å². The Morgan fingerprint density at radius 3 is 2.46 bits per heavy atom. The molecule has 0 bridgehead atoms. The van der Waals surface area contributed by atoms with E-state index in [4.69, 9.17) is 4.74 Å². The highest BCUT2D eigenvalue weighted by Gasteiger charge is 2.33. The molecule has 3 heterocycles. The van der Waals surface area contributed by atoms with Crippen LogP contribution in [0.1, 0.15) is 59.4 Å². The minimum Gasteiger partial charge on any atom is -0.450 e. The summed E-state index contributed by atoms with van der Waals surface area (Å²) in [5, 5.41) is 2.98. The van der Waals surface area contributed by atoms with Gasteiger partial charge in [-0.1, -0.05) is 0 Å². The molecule has 9 heteroatoms. The maximum atomic E-state index is 13.1. The molecule has 1 aromatic heterocycles. The summed E-state index contributed by atoms with van der Waals surface area (Å²) in [5.41, 5.74) is 1.26. The Morgan fingerprint density at radius 1 is 1.07 bits per heavy atom. The molecule has 0 aromatic carbocycles. The van der Waals surface area contributed by atoms with Crippen LogP contribution in [0.4, 0.5) is 4.79 Å². The van der Waals surface area contributed by atoms with Gasteiger partial charge in [-0.25, -0.2) is 9.78 Å². The number of ether oxygens (including phenoxy) is 1. The summed E-state index contributed by atoms with van der Waals surface area (Å²) in [6.45, 7) is 4.59. The van der Waals surface area contributed by atoms with Crippen LogP contribution in [0.5, 0.6) is 0 Å². The third-order valence-corrected chi connectivity index (χ3v) is 5.53. The number of imidazole rings is 1. The van der Waals surface area contributed by atoms with E-state index >= 15 is 0 Å². The Morgan fingerprint density at radius 2 is 1.79 bits per heavy atom. The molecule has 28 heavy (non-hydrogen) atoms. The number of carbonyl (C=O) groups excluding carboxylic acids is 3. The van der Waals surface area contributed by atoms with Crippen LogP contribution in [0.2, 0.25) is 0 Å². The van der Waals surface area contributed by atoms with Crippen LogP contribution in [-0.4, -0.2) is 76.1 Å². The molecule has 2 fully saturated rings. The van der Waals surface area contributed by atoms with Gasteiger partial charge in [-0.05, 0) is 39.0 Å². The van der Waals surface area contributed by atoms with Crippen LogP contribution in [0.25, 0.3) is 0 Å². The van der Waals surface area contributed by atoms with E-state index in [-0.39, 0.29) is 23.9 Å². The lowest BCUT2D eigenvalue weighted by atomic mass is 10.1.